The van der Waals surface area contributed by atoms with Crippen LogP contribution in [0.4, 0.5) is 5.69 Å². The van der Waals surface area contributed by atoms with Crippen molar-refractivity contribution in [2.75, 3.05) is 5.32 Å². The van der Waals surface area contributed by atoms with Crippen LogP contribution in [-0.2, 0) is 6.42 Å². The van der Waals surface area contributed by atoms with Gasteiger partial charge in [0.1, 0.15) is 0 Å². The maximum atomic E-state index is 11.6. The minimum absolute atomic E-state index is 0.151. The van der Waals surface area contributed by atoms with Gasteiger partial charge in [0.05, 0.1) is 6.26 Å². The van der Waals surface area contributed by atoms with E-state index in [1.807, 2.05) is 18.2 Å². The smallest absolute Gasteiger partial charge is 0.222 e. The van der Waals surface area contributed by atoms with Crippen LogP contribution in [0.1, 0.15) is 23.0 Å². The molecule has 0 amide bonds. The summed E-state index contributed by atoms with van der Waals surface area (Å²) in [4.78, 5) is 11.6. The Morgan fingerprint density at radius 3 is 2.83 bits per heavy atom. The number of carbonyl (C=O) groups excluding carboxylic acids is 1. The Kier molecular flexibility index (Phi) is 3.97. The lowest BCUT2D eigenvalue weighted by molar-refractivity contribution is 0.102. The van der Waals surface area contributed by atoms with Crippen molar-refractivity contribution in [2.24, 2.45) is 0 Å². The number of nitrogens with one attached hydrogen (secondary N) is 1. The van der Waals surface area contributed by atoms with E-state index in [1.165, 1.54) is 17.9 Å². The fraction of sp³-hybridized carbons (Fsp3) is 0.133. The molecule has 3 heteroatoms. The van der Waals surface area contributed by atoms with Gasteiger partial charge in [-0.2, -0.15) is 0 Å². The molecule has 0 saturated heterocycles. The van der Waals surface area contributed by atoms with Crippen molar-refractivity contribution in [1.82, 2.24) is 0 Å². The van der Waals surface area contributed by atoms with E-state index in [1.54, 1.807) is 18.3 Å². The molecule has 0 spiro atoms. The van der Waals surface area contributed by atoms with E-state index in [0.717, 1.165) is 12.1 Å². The third kappa shape index (κ3) is 2.88. The molecule has 2 aromatic rings. The van der Waals surface area contributed by atoms with E-state index in [-0.39, 0.29) is 5.78 Å². The second-order valence-corrected chi connectivity index (χ2v) is 3.83. The Hall–Kier alpha value is -2.29. The first-order valence-electron chi connectivity index (χ1n) is 5.90. The number of allylic oxidation sites excluding steroid dienone is 1. The molecule has 3 nitrogen and oxygen atoms in total. The van der Waals surface area contributed by atoms with Crippen LogP contribution in [0.25, 0.3) is 0 Å². The zero-order chi connectivity index (χ0) is 12.8. The van der Waals surface area contributed by atoms with E-state index in [2.05, 4.69) is 18.3 Å². The molecular weight excluding hydrogens is 226 g/mol. The van der Waals surface area contributed by atoms with Crippen LogP contribution >= 0.6 is 0 Å². The van der Waals surface area contributed by atoms with Gasteiger partial charge < -0.3 is 9.73 Å². The topological polar surface area (TPSA) is 42.2 Å². The van der Waals surface area contributed by atoms with Crippen molar-refractivity contribution >= 4 is 11.5 Å². The fourth-order valence-electron chi connectivity index (χ4n) is 1.68. The average Bonchev–Trinajstić information content (AvgIpc) is 2.93. The quantitative estimate of drug-likeness (QED) is 0.641. The number of hydrogen-bond donors (Lipinski definition) is 1. The summed E-state index contributed by atoms with van der Waals surface area (Å²) in [5, 5.41) is 3.11. The highest BCUT2D eigenvalue weighted by Crippen LogP contribution is 2.15. The third-order valence-corrected chi connectivity index (χ3v) is 2.64. The summed E-state index contributed by atoms with van der Waals surface area (Å²) in [7, 11) is 0. The number of rotatable bonds is 5. The highest BCUT2D eigenvalue weighted by Gasteiger charge is 2.03. The fourth-order valence-corrected chi connectivity index (χ4v) is 1.68. The zero-order valence-electron chi connectivity index (χ0n) is 10.2. The molecule has 0 radical (unpaired) electrons. The van der Waals surface area contributed by atoms with Crippen LogP contribution in [0.5, 0.6) is 0 Å². The highest BCUT2D eigenvalue weighted by atomic mass is 16.3. The van der Waals surface area contributed by atoms with Gasteiger partial charge >= 0.3 is 0 Å². The summed E-state index contributed by atoms with van der Waals surface area (Å²) >= 11 is 0. The molecule has 0 saturated carbocycles. The van der Waals surface area contributed by atoms with Crippen LogP contribution in [0.15, 0.2) is 59.4 Å². The third-order valence-electron chi connectivity index (χ3n) is 2.64. The first-order chi connectivity index (χ1) is 8.81. The SMILES string of the molecule is CCc1ccccc1N/C=C/C(=O)c1ccco1. The van der Waals surface area contributed by atoms with Gasteiger partial charge in [0.2, 0.25) is 5.78 Å². The Morgan fingerprint density at radius 1 is 1.28 bits per heavy atom. The van der Waals surface area contributed by atoms with Crippen LogP contribution in [0.3, 0.4) is 0 Å². The van der Waals surface area contributed by atoms with Gasteiger partial charge in [-0.3, -0.25) is 4.79 Å². The molecule has 1 N–H and O–H groups in total. The minimum Gasteiger partial charge on any atom is -0.461 e. The molecule has 92 valence electrons. The summed E-state index contributed by atoms with van der Waals surface area (Å²) in [6.45, 7) is 2.10. The number of benzene rings is 1. The first-order valence-corrected chi connectivity index (χ1v) is 5.90. The molecule has 0 atom stereocenters. The number of furan rings is 1. The average molecular weight is 241 g/mol. The molecule has 0 unspecified atom stereocenters. The summed E-state index contributed by atoms with van der Waals surface area (Å²) < 4.78 is 5.01. The van der Waals surface area contributed by atoms with Crippen molar-refractivity contribution in [2.45, 2.75) is 13.3 Å². The number of hydrogen-bond acceptors (Lipinski definition) is 3. The summed E-state index contributed by atoms with van der Waals surface area (Å²) in [5.41, 5.74) is 2.23. The molecule has 0 fully saturated rings. The summed E-state index contributed by atoms with van der Waals surface area (Å²) in [5.74, 6) is 0.193. The second-order valence-electron chi connectivity index (χ2n) is 3.83. The van der Waals surface area contributed by atoms with Gasteiger partial charge in [0, 0.05) is 18.0 Å². The molecule has 1 heterocycles. The summed E-state index contributed by atoms with van der Waals surface area (Å²) in [6.07, 6.45) is 5.54. The zero-order valence-corrected chi connectivity index (χ0v) is 10.2. The molecule has 0 bridgehead atoms. The van der Waals surface area contributed by atoms with Gasteiger partial charge in [-0.1, -0.05) is 25.1 Å². The molecule has 0 aliphatic heterocycles. The molecule has 2 rings (SSSR count). The van der Waals surface area contributed by atoms with Crippen molar-refractivity contribution in [1.29, 1.82) is 0 Å². The van der Waals surface area contributed by atoms with Gasteiger partial charge in [-0.15, -0.1) is 0 Å². The van der Waals surface area contributed by atoms with E-state index in [9.17, 15) is 4.79 Å². The van der Waals surface area contributed by atoms with Crippen molar-refractivity contribution in [3.05, 3.63) is 66.3 Å². The van der Waals surface area contributed by atoms with Gasteiger partial charge in [0.15, 0.2) is 5.76 Å². The van der Waals surface area contributed by atoms with Crippen molar-refractivity contribution < 1.29 is 9.21 Å². The van der Waals surface area contributed by atoms with E-state index in [4.69, 9.17) is 4.42 Å². The predicted octanol–water partition coefficient (Wildman–Crippen LogP) is 3.65. The molecule has 0 aliphatic rings. The number of anilines is 1. The molecule has 1 aromatic heterocycles. The van der Waals surface area contributed by atoms with Crippen molar-refractivity contribution in [3.63, 3.8) is 0 Å². The lowest BCUT2D eigenvalue weighted by atomic mass is 10.1. The lowest BCUT2D eigenvalue weighted by Gasteiger charge is -2.06. The number of ketones is 1. The standard InChI is InChI=1S/C15H15NO2/c1-2-12-6-3-4-7-13(12)16-10-9-14(17)15-8-5-11-18-15/h3-11,16H,2H2,1H3/b10-9+. The monoisotopic (exact) mass is 241 g/mol. The molecule has 0 aliphatic carbocycles. The van der Waals surface area contributed by atoms with Crippen LogP contribution in [0, 0.1) is 0 Å². The van der Waals surface area contributed by atoms with Crippen LogP contribution in [-0.4, -0.2) is 5.78 Å². The van der Waals surface area contributed by atoms with Crippen LogP contribution in [0.2, 0.25) is 0 Å². The number of para-hydroxylation sites is 1. The maximum Gasteiger partial charge on any atom is 0.222 e. The first kappa shape index (κ1) is 12.2. The molecular formula is C15H15NO2. The van der Waals surface area contributed by atoms with E-state index < -0.39 is 0 Å². The largest absolute Gasteiger partial charge is 0.461 e. The number of carbonyl (C=O) groups is 1. The van der Waals surface area contributed by atoms with Gasteiger partial charge in [-0.05, 0) is 30.2 Å². The lowest BCUT2D eigenvalue weighted by Crippen LogP contribution is -1.96. The van der Waals surface area contributed by atoms with Gasteiger partial charge in [0.25, 0.3) is 0 Å². The second kappa shape index (κ2) is 5.87. The Morgan fingerprint density at radius 2 is 2.11 bits per heavy atom. The Labute approximate surface area is 106 Å². The Bertz CT molecular complexity index is 541. The maximum absolute atomic E-state index is 11.6. The van der Waals surface area contributed by atoms with Crippen LogP contribution < -0.4 is 5.32 Å². The predicted molar refractivity (Wildman–Crippen MR) is 71.6 cm³/mol. The van der Waals surface area contributed by atoms with Crippen molar-refractivity contribution in [3.8, 4) is 0 Å². The highest BCUT2D eigenvalue weighted by molar-refractivity contribution is 6.02. The summed E-state index contributed by atoms with van der Waals surface area (Å²) in [6, 6.07) is 11.4. The minimum atomic E-state index is -0.151. The molecule has 18 heavy (non-hydrogen) atoms. The van der Waals surface area contributed by atoms with E-state index in [0.29, 0.717) is 5.76 Å². The Balaban J connectivity index is 2.01. The number of aryl methyl sites for hydroxylation is 1. The van der Waals surface area contributed by atoms with E-state index >= 15 is 0 Å². The van der Waals surface area contributed by atoms with Gasteiger partial charge in [-0.25, -0.2) is 0 Å². The normalized spacial score (nSPS) is 10.7. The molecule has 1 aromatic carbocycles.